The fourth-order valence-electron chi connectivity index (χ4n) is 3.06. The lowest BCUT2D eigenvalue weighted by atomic mass is 9.88. The van der Waals surface area contributed by atoms with Crippen LogP contribution in [0, 0.1) is 11.6 Å². The van der Waals surface area contributed by atoms with E-state index in [2.05, 4.69) is 10.6 Å². The summed E-state index contributed by atoms with van der Waals surface area (Å²) in [4.78, 5) is 24.0. The molecule has 0 radical (unpaired) electrons. The fraction of sp³-hybridized carbons (Fsp3) is 0.375. The third kappa shape index (κ3) is 2.86. The van der Waals surface area contributed by atoms with Crippen LogP contribution in [0.25, 0.3) is 0 Å². The molecule has 22 heavy (non-hydrogen) atoms. The minimum atomic E-state index is -0.836. The lowest BCUT2D eigenvalue weighted by Gasteiger charge is -2.20. The van der Waals surface area contributed by atoms with E-state index in [-0.39, 0.29) is 24.1 Å². The van der Waals surface area contributed by atoms with Crippen molar-refractivity contribution in [3.05, 3.63) is 41.0 Å². The first-order chi connectivity index (χ1) is 10.5. The van der Waals surface area contributed by atoms with Gasteiger partial charge in [-0.15, -0.1) is 0 Å². The zero-order chi connectivity index (χ0) is 15.7. The van der Waals surface area contributed by atoms with Gasteiger partial charge in [0, 0.05) is 11.6 Å². The Kier molecular flexibility index (Phi) is 3.92. The van der Waals surface area contributed by atoms with E-state index in [1.807, 2.05) is 0 Å². The van der Waals surface area contributed by atoms with Crippen molar-refractivity contribution in [1.29, 1.82) is 0 Å². The van der Waals surface area contributed by atoms with Crippen molar-refractivity contribution < 1.29 is 18.4 Å². The van der Waals surface area contributed by atoms with E-state index in [0.717, 1.165) is 37.3 Å². The molecule has 0 saturated heterocycles. The van der Waals surface area contributed by atoms with Gasteiger partial charge in [-0.2, -0.15) is 0 Å². The molecule has 1 fully saturated rings. The number of fused-ring (bicyclic) bond motifs is 1. The van der Waals surface area contributed by atoms with Gasteiger partial charge in [-0.3, -0.25) is 9.59 Å². The highest BCUT2D eigenvalue weighted by atomic mass is 19.1. The molecule has 2 amide bonds. The average molecular weight is 306 g/mol. The van der Waals surface area contributed by atoms with Gasteiger partial charge in [-0.05, 0) is 37.0 Å². The molecule has 1 aliphatic heterocycles. The van der Waals surface area contributed by atoms with Crippen LogP contribution in [0.3, 0.4) is 0 Å². The number of nitrogens with one attached hydrogen (secondary N) is 2. The summed E-state index contributed by atoms with van der Waals surface area (Å²) in [6.45, 7) is 0. The van der Waals surface area contributed by atoms with Crippen molar-refractivity contribution in [2.45, 2.75) is 38.1 Å². The number of benzene rings is 1. The third-order valence-electron chi connectivity index (χ3n) is 4.12. The van der Waals surface area contributed by atoms with Crippen LogP contribution < -0.4 is 10.6 Å². The Balaban J connectivity index is 1.72. The predicted molar refractivity (Wildman–Crippen MR) is 77.0 cm³/mol. The van der Waals surface area contributed by atoms with Crippen LogP contribution in [-0.2, 0) is 9.59 Å². The van der Waals surface area contributed by atoms with Crippen LogP contribution in [0.1, 0.15) is 32.1 Å². The predicted octanol–water partition coefficient (Wildman–Crippen LogP) is 2.66. The number of carbonyl (C=O) groups excluding carboxylic acids is 2. The zero-order valence-electron chi connectivity index (χ0n) is 11.9. The van der Waals surface area contributed by atoms with Crippen LogP contribution in [-0.4, -0.2) is 17.9 Å². The maximum Gasteiger partial charge on any atom is 0.248 e. The number of carbonyl (C=O) groups is 2. The van der Waals surface area contributed by atoms with E-state index in [0.29, 0.717) is 11.6 Å². The number of anilines is 1. The molecule has 1 unspecified atom stereocenters. The van der Waals surface area contributed by atoms with Crippen LogP contribution in [0.5, 0.6) is 0 Å². The summed E-state index contributed by atoms with van der Waals surface area (Å²) in [6, 6.07) is 2.99. The molecule has 1 aliphatic carbocycles. The van der Waals surface area contributed by atoms with Gasteiger partial charge in [0.15, 0.2) is 0 Å². The molecule has 2 aliphatic rings. The molecule has 0 aromatic heterocycles. The number of hydrogen-bond donors (Lipinski definition) is 2. The largest absolute Gasteiger partial charge is 0.346 e. The minimum Gasteiger partial charge on any atom is -0.346 e. The van der Waals surface area contributed by atoms with Crippen LogP contribution in [0.15, 0.2) is 29.3 Å². The maximum absolute atomic E-state index is 13.5. The molecule has 3 rings (SSSR count). The highest BCUT2D eigenvalue weighted by molar-refractivity contribution is 6.04. The Labute approximate surface area is 126 Å². The second-order valence-corrected chi connectivity index (χ2v) is 5.62. The number of halogens is 2. The summed E-state index contributed by atoms with van der Waals surface area (Å²) in [7, 11) is 0. The summed E-state index contributed by atoms with van der Waals surface area (Å²) in [5.74, 6) is -2.23. The van der Waals surface area contributed by atoms with Gasteiger partial charge in [0.2, 0.25) is 11.8 Å². The van der Waals surface area contributed by atoms with Crippen molar-refractivity contribution in [3.8, 4) is 0 Å². The third-order valence-corrected chi connectivity index (χ3v) is 4.12. The molecule has 116 valence electrons. The van der Waals surface area contributed by atoms with E-state index >= 15 is 0 Å². The van der Waals surface area contributed by atoms with Crippen LogP contribution in [0.2, 0.25) is 0 Å². The number of rotatable bonds is 3. The van der Waals surface area contributed by atoms with Crippen LogP contribution >= 0.6 is 0 Å². The van der Waals surface area contributed by atoms with Gasteiger partial charge < -0.3 is 10.6 Å². The molecule has 4 nitrogen and oxygen atoms in total. The Morgan fingerprint density at radius 2 is 2.14 bits per heavy atom. The second-order valence-electron chi connectivity index (χ2n) is 5.62. The molecule has 1 aromatic carbocycles. The topological polar surface area (TPSA) is 58.2 Å². The summed E-state index contributed by atoms with van der Waals surface area (Å²) in [6.07, 6.45) is 3.71. The fourth-order valence-corrected chi connectivity index (χ4v) is 3.06. The SMILES string of the molecule is O=C(CC1=C2CCCCC2NC1=O)Nc1ccc(F)cc1F. The van der Waals surface area contributed by atoms with E-state index in [9.17, 15) is 18.4 Å². The lowest BCUT2D eigenvalue weighted by Crippen LogP contribution is -2.30. The Hall–Kier alpha value is -2.24. The van der Waals surface area contributed by atoms with Crippen molar-refractivity contribution in [2.75, 3.05) is 5.32 Å². The van der Waals surface area contributed by atoms with Gasteiger partial charge in [-0.1, -0.05) is 6.42 Å². The zero-order valence-corrected chi connectivity index (χ0v) is 11.9. The minimum absolute atomic E-state index is 0.0478. The normalized spacial score (nSPS) is 20.6. The van der Waals surface area contributed by atoms with E-state index in [1.54, 1.807) is 0 Å². The van der Waals surface area contributed by atoms with Crippen molar-refractivity contribution >= 4 is 17.5 Å². The number of amides is 2. The average Bonchev–Trinajstić information content (AvgIpc) is 2.78. The van der Waals surface area contributed by atoms with Crippen molar-refractivity contribution in [3.63, 3.8) is 0 Å². The second kappa shape index (κ2) is 5.87. The van der Waals surface area contributed by atoms with Gasteiger partial charge in [-0.25, -0.2) is 8.78 Å². The highest BCUT2D eigenvalue weighted by Crippen LogP contribution is 2.32. The molecule has 0 bridgehead atoms. The molecule has 2 N–H and O–H groups in total. The van der Waals surface area contributed by atoms with Gasteiger partial charge in [0.25, 0.3) is 0 Å². The quantitative estimate of drug-likeness (QED) is 0.902. The van der Waals surface area contributed by atoms with E-state index in [1.165, 1.54) is 6.07 Å². The van der Waals surface area contributed by atoms with Crippen LogP contribution in [0.4, 0.5) is 14.5 Å². The maximum atomic E-state index is 13.5. The standard InChI is InChI=1S/C16H16F2N2O2/c17-9-5-6-14(12(18)7-9)19-15(21)8-11-10-3-1-2-4-13(10)20-16(11)22/h5-7,13H,1-4,8H2,(H,19,21)(H,20,22). The lowest BCUT2D eigenvalue weighted by molar-refractivity contribution is -0.120. The first-order valence-corrected chi connectivity index (χ1v) is 7.32. The van der Waals surface area contributed by atoms with E-state index < -0.39 is 17.5 Å². The molecular formula is C16H16F2N2O2. The van der Waals surface area contributed by atoms with Crippen molar-refractivity contribution in [2.24, 2.45) is 0 Å². The van der Waals surface area contributed by atoms with E-state index in [4.69, 9.17) is 0 Å². The molecule has 6 heteroatoms. The molecule has 1 aromatic rings. The van der Waals surface area contributed by atoms with Gasteiger partial charge in [0.05, 0.1) is 18.2 Å². The Morgan fingerprint density at radius 3 is 2.91 bits per heavy atom. The summed E-state index contributed by atoms with van der Waals surface area (Å²) < 4.78 is 26.4. The first kappa shape index (κ1) is 14.7. The van der Waals surface area contributed by atoms with Gasteiger partial charge in [0.1, 0.15) is 11.6 Å². The molecule has 1 heterocycles. The summed E-state index contributed by atoms with van der Waals surface area (Å²) in [5, 5.41) is 5.26. The monoisotopic (exact) mass is 306 g/mol. The first-order valence-electron chi connectivity index (χ1n) is 7.32. The molecule has 0 spiro atoms. The Bertz CT molecular complexity index is 670. The molecule has 1 atom stereocenters. The summed E-state index contributed by atoms with van der Waals surface area (Å²) in [5.41, 5.74) is 1.41. The highest BCUT2D eigenvalue weighted by Gasteiger charge is 2.33. The smallest absolute Gasteiger partial charge is 0.248 e. The Morgan fingerprint density at radius 1 is 1.32 bits per heavy atom. The summed E-state index contributed by atoms with van der Waals surface area (Å²) >= 11 is 0. The molecule has 1 saturated carbocycles. The molecular weight excluding hydrogens is 290 g/mol. The van der Waals surface area contributed by atoms with Crippen molar-refractivity contribution in [1.82, 2.24) is 5.32 Å². The van der Waals surface area contributed by atoms with Gasteiger partial charge >= 0.3 is 0 Å². The number of hydrogen-bond acceptors (Lipinski definition) is 2.